The van der Waals surface area contributed by atoms with Crippen molar-refractivity contribution in [3.8, 4) is 0 Å². The average Bonchev–Trinajstić information content (AvgIpc) is 2.79. The molecule has 19 heavy (non-hydrogen) atoms. The Labute approximate surface area is 112 Å². The summed E-state index contributed by atoms with van der Waals surface area (Å²) in [5.41, 5.74) is 7.07. The van der Waals surface area contributed by atoms with Gasteiger partial charge >= 0.3 is 0 Å². The van der Waals surface area contributed by atoms with Gasteiger partial charge in [-0.2, -0.15) is 0 Å². The van der Waals surface area contributed by atoms with Crippen LogP contribution in [0.2, 0.25) is 0 Å². The summed E-state index contributed by atoms with van der Waals surface area (Å²) in [6.07, 6.45) is 6.97. The fraction of sp³-hybridized carbons (Fsp3) is 0.615. The lowest BCUT2D eigenvalue weighted by atomic mass is 10.0. The molecule has 0 saturated heterocycles. The van der Waals surface area contributed by atoms with E-state index in [1.54, 1.807) is 13.3 Å². The van der Waals surface area contributed by atoms with Crippen LogP contribution in [0, 0.1) is 0 Å². The molecule has 0 aliphatic carbocycles. The highest BCUT2D eigenvalue weighted by atomic mass is 16.3. The number of imidazole rings is 1. The molecule has 6 nitrogen and oxygen atoms in total. The molecule has 0 amide bonds. The van der Waals surface area contributed by atoms with E-state index in [2.05, 4.69) is 21.9 Å². The van der Waals surface area contributed by atoms with Gasteiger partial charge in [-0.3, -0.25) is 0 Å². The van der Waals surface area contributed by atoms with Crippen molar-refractivity contribution in [3.63, 3.8) is 0 Å². The van der Waals surface area contributed by atoms with Crippen molar-refractivity contribution in [2.45, 2.75) is 51.7 Å². The predicted octanol–water partition coefficient (Wildman–Crippen LogP) is 1.91. The molecule has 0 aliphatic heterocycles. The molecule has 104 valence electrons. The van der Waals surface area contributed by atoms with Crippen LogP contribution in [-0.2, 0) is 0 Å². The number of anilines is 1. The summed E-state index contributed by atoms with van der Waals surface area (Å²) >= 11 is 0. The SMILES string of the molecule is CCCCC[C@H]([C@@H](C)O)n1cnc2c(N)ncnc21. The molecule has 2 atom stereocenters. The molecule has 0 saturated carbocycles. The molecule has 0 spiro atoms. The van der Waals surface area contributed by atoms with E-state index in [0.29, 0.717) is 17.0 Å². The number of rotatable bonds is 6. The van der Waals surface area contributed by atoms with Gasteiger partial charge in [0.05, 0.1) is 18.5 Å². The maximum Gasteiger partial charge on any atom is 0.165 e. The molecule has 0 unspecified atom stereocenters. The van der Waals surface area contributed by atoms with Gasteiger partial charge in [0.15, 0.2) is 11.5 Å². The molecule has 2 rings (SSSR count). The van der Waals surface area contributed by atoms with Crippen LogP contribution in [-0.4, -0.2) is 30.7 Å². The van der Waals surface area contributed by atoms with Crippen molar-refractivity contribution in [2.75, 3.05) is 5.73 Å². The molecule has 2 aromatic heterocycles. The lowest BCUT2D eigenvalue weighted by molar-refractivity contribution is 0.124. The van der Waals surface area contributed by atoms with E-state index in [9.17, 15) is 5.11 Å². The second-order valence-corrected chi connectivity index (χ2v) is 4.89. The van der Waals surface area contributed by atoms with Crippen LogP contribution in [0.1, 0.15) is 45.6 Å². The van der Waals surface area contributed by atoms with Crippen LogP contribution in [0.3, 0.4) is 0 Å². The van der Waals surface area contributed by atoms with Gasteiger partial charge < -0.3 is 15.4 Å². The molecule has 0 aliphatic rings. The Bertz CT molecular complexity index is 537. The second-order valence-electron chi connectivity index (χ2n) is 4.89. The summed E-state index contributed by atoms with van der Waals surface area (Å²) in [7, 11) is 0. The summed E-state index contributed by atoms with van der Waals surface area (Å²) in [6.45, 7) is 3.96. The first-order valence-electron chi connectivity index (χ1n) is 6.76. The predicted molar refractivity (Wildman–Crippen MR) is 74.6 cm³/mol. The monoisotopic (exact) mass is 263 g/mol. The van der Waals surface area contributed by atoms with Crippen molar-refractivity contribution in [3.05, 3.63) is 12.7 Å². The lowest BCUT2D eigenvalue weighted by Crippen LogP contribution is -2.21. The minimum atomic E-state index is -0.453. The van der Waals surface area contributed by atoms with Crippen LogP contribution in [0.25, 0.3) is 11.2 Å². The molecule has 3 N–H and O–H groups in total. The first-order valence-corrected chi connectivity index (χ1v) is 6.76. The summed E-state index contributed by atoms with van der Waals surface area (Å²) in [6, 6.07) is -0.0224. The van der Waals surface area contributed by atoms with Crippen molar-refractivity contribution >= 4 is 17.0 Å². The van der Waals surface area contributed by atoms with E-state index >= 15 is 0 Å². The summed E-state index contributed by atoms with van der Waals surface area (Å²) in [5, 5.41) is 9.99. The Morgan fingerprint density at radius 2 is 2.11 bits per heavy atom. The Kier molecular flexibility index (Phi) is 4.31. The van der Waals surface area contributed by atoms with Crippen molar-refractivity contribution in [2.24, 2.45) is 0 Å². The molecule has 0 radical (unpaired) electrons. The summed E-state index contributed by atoms with van der Waals surface area (Å²) < 4.78 is 1.91. The van der Waals surface area contributed by atoms with Crippen LogP contribution in [0.15, 0.2) is 12.7 Å². The maximum absolute atomic E-state index is 9.99. The summed E-state index contributed by atoms with van der Waals surface area (Å²) in [5.74, 6) is 0.377. The van der Waals surface area contributed by atoms with Crippen LogP contribution < -0.4 is 5.73 Å². The zero-order chi connectivity index (χ0) is 13.8. The van der Waals surface area contributed by atoms with Crippen molar-refractivity contribution in [1.29, 1.82) is 0 Å². The van der Waals surface area contributed by atoms with Gasteiger partial charge in [-0.05, 0) is 13.3 Å². The lowest BCUT2D eigenvalue weighted by Gasteiger charge is -2.21. The first-order chi connectivity index (χ1) is 9.15. The van der Waals surface area contributed by atoms with Gasteiger partial charge in [-0.15, -0.1) is 0 Å². The van der Waals surface area contributed by atoms with E-state index in [-0.39, 0.29) is 6.04 Å². The van der Waals surface area contributed by atoms with Gasteiger partial charge in [-0.1, -0.05) is 26.2 Å². The van der Waals surface area contributed by atoms with E-state index in [0.717, 1.165) is 25.7 Å². The highest BCUT2D eigenvalue weighted by Crippen LogP contribution is 2.25. The standard InChI is InChI=1S/C13H21N5O/c1-3-4-5-6-10(9(2)19)18-8-17-11-12(14)15-7-16-13(11)18/h7-10,19H,3-6H2,1-2H3,(H2,14,15,16)/t9-,10-/m1/s1. The Morgan fingerprint density at radius 1 is 1.32 bits per heavy atom. The number of aliphatic hydroxyl groups is 1. The fourth-order valence-electron chi connectivity index (χ4n) is 2.33. The number of nitrogens with two attached hydrogens (primary N) is 1. The molecule has 2 heterocycles. The molecule has 6 heteroatoms. The molecule has 2 aromatic rings. The van der Waals surface area contributed by atoms with E-state index < -0.39 is 6.10 Å². The Morgan fingerprint density at radius 3 is 2.79 bits per heavy atom. The highest BCUT2D eigenvalue weighted by molar-refractivity contribution is 5.81. The van der Waals surface area contributed by atoms with E-state index in [4.69, 9.17) is 5.73 Å². The van der Waals surface area contributed by atoms with E-state index in [1.165, 1.54) is 6.33 Å². The zero-order valence-corrected chi connectivity index (χ0v) is 11.5. The number of nitrogen functional groups attached to an aromatic ring is 1. The van der Waals surface area contributed by atoms with Gasteiger partial charge in [-0.25, -0.2) is 15.0 Å². The van der Waals surface area contributed by atoms with Crippen LogP contribution in [0.5, 0.6) is 0 Å². The molecule has 0 aromatic carbocycles. The minimum Gasteiger partial charge on any atom is -0.391 e. The average molecular weight is 263 g/mol. The number of fused-ring (bicyclic) bond motifs is 1. The van der Waals surface area contributed by atoms with Crippen LogP contribution in [0.4, 0.5) is 5.82 Å². The second kappa shape index (κ2) is 5.97. The number of nitrogens with zero attached hydrogens (tertiary/aromatic N) is 4. The van der Waals surface area contributed by atoms with Gasteiger partial charge in [0.2, 0.25) is 0 Å². The number of hydrogen-bond donors (Lipinski definition) is 2. The number of aliphatic hydroxyl groups excluding tert-OH is 1. The third-order valence-electron chi connectivity index (χ3n) is 3.40. The number of unbranched alkanes of at least 4 members (excludes halogenated alkanes) is 2. The Hall–Kier alpha value is -1.69. The molecule has 0 bridgehead atoms. The maximum atomic E-state index is 9.99. The van der Waals surface area contributed by atoms with Gasteiger partial charge in [0, 0.05) is 0 Å². The largest absolute Gasteiger partial charge is 0.391 e. The molecule has 0 fully saturated rings. The van der Waals surface area contributed by atoms with E-state index in [1.807, 2.05) is 4.57 Å². The van der Waals surface area contributed by atoms with Gasteiger partial charge in [0.1, 0.15) is 11.8 Å². The fourth-order valence-corrected chi connectivity index (χ4v) is 2.33. The normalized spacial score (nSPS) is 14.7. The third-order valence-corrected chi connectivity index (χ3v) is 3.40. The quantitative estimate of drug-likeness (QED) is 0.777. The van der Waals surface area contributed by atoms with Gasteiger partial charge in [0.25, 0.3) is 0 Å². The smallest absolute Gasteiger partial charge is 0.165 e. The first kappa shape index (κ1) is 13.7. The number of aromatic nitrogens is 4. The summed E-state index contributed by atoms with van der Waals surface area (Å²) in [4.78, 5) is 12.4. The topological polar surface area (TPSA) is 89.8 Å². The highest BCUT2D eigenvalue weighted by Gasteiger charge is 2.20. The Balaban J connectivity index is 2.31. The molecular weight excluding hydrogens is 242 g/mol. The zero-order valence-electron chi connectivity index (χ0n) is 11.5. The van der Waals surface area contributed by atoms with Crippen LogP contribution >= 0.6 is 0 Å². The minimum absolute atomic E-state index is 0.0224. The molecular formula is C13H21N5O. The van der Waals surface area contributed by atoms with Crippen molar-refractivity contribution in [1.82, 2.24) is 19.5 Å². The third kappa shape index (κ3) is 2.84. The van der Waals surface area contributed by atoms with Crippen molar-refractivity contribution < 1.29 is 5.11 Å². The number of hydrogen-bond acceptors (Lipinski definition) is 5.